The first kappa shape index (κ1) is 16.4. The molecule has 3 aliphatic rings. The number of benzene rings is 2. The van der Waals surface area contributed by atoms with Gasteiger partial charge in [-0.3, -0.25) is 14.9 Å². The van der Waals surface area contributed by atoms with Crippen LogP contribution in [0, 0.1) is 0 Å². The molecule has 31 heavy (non-hydrogen) atoms. The monoisotopic (exact) mass is 415 g/mol. The van der Waals surface area contributed by atoms with Crippen molar-refractivity contribution in [1.29, 1.82) is 0 Å². The Kier molecular flexibility index (Phi) is 2.96. The van der Waals surface area contributed by atoms with Crippen molar-refractivity contribution in [3.05, 3.63) is 47.8 Å². The number of aromatic amines is 2. The molecule has 3 aliphatic heterocycles. The molecule has 2 aromatic heterocycles. The molecule has 152 valence electrons. The van der Waals surface area contributed by atoms with Gasteiger partial charge in [-0.25, -0.2) is 0 Å². The Morgan fingerprint density at radius 3 is 1.48 bits per heavy atom. The van der Waals surface area contributed by atoms with E-state index in [1.807, 2.05) is 24.3 Å². The van der Waals surface area contributed by atoms with Crippen LogP contribution in [0.5, 0.6) is 23.0 Å². The van der Waals surface area contributed by atoms with Crippen LogP contribution in [0.1, 0.15) is 11.1 Å². The zero-order chi connectivity index (χ0) is 20.7. The summed E-state index contributed by atoms with van der Waals surface area (Å²) in [6.45, 7) is 0.297. The van der Waals surface area contributed by atoms with E-state index in [0.717, 1.165) is 21.8 Å². The van der Waals surface area contributed by atoms with Crippen molar-refractivity contribution in [2.75, 3.05) is 13.6 Å². The molecule has 0 aliphatic carbocycles. The van der Waals surface area contributed by atoms with Gasteiger partial charge in [0.2, 0.25) is 13.6 Å². The van der Waals surface area contributed by atoms with E-state index in [2.05, 4.69) is 15.3 Å². The normalized spacial score (nSPS) is 16.8. The number of ether oxygens (including phenoxy) is 4. The smallest absolute Gasteiger partial charge is 0.259 e. The molecule has 9 heteroatoms. The van der Waals surface area contributed by atoms with E-state index in [-0.39, 0.29) is 13.6 Å². The molecule has 2 amide bonds. The van der Waals surface area contributed by atoms with E-state index in [1.54, 1.807) is 12.4 Å². The molecule has 0 saturated heterocycles. The summed E-state index contributed by atoms with van der Waals surface area (Å²) >= 11 is 0. The van der Waals surface area contributed by atoms with Crippen LogP contribution >= 0.6 is 0 Å². The summed E-state index contributed by atoms with van der Waals surface area (Å²) in [6.07, 6.45) is 3.44. The minimum absolute atomic E-state index is 0.148. The highest BCUT2D eigenvalue weighted by Crippen LogP contribution is 2.43. The van der Waals surface area contributed by atoms with Crippen molar-refractivity contribution in [1.82, 2.24) is 15.3 Å². The van der Waals surface area contributed by atoms with Crippen LogP contribution in [-0.4, -0.2) is 35.4 Å². The van der Waals surface area contributed by atoms with Gasteiger partial charge in [0.05, 0.1) is 11.1 Å². The third-order valence-electron chi connectivity index (χ3n) is 5.82. The molecule has 5 heterocycles. The Hall–Kier alpha value is -4.40. The fraction of sp³-hybridized carbons (Fsp3) is 0.0909. The first-order chi connectivity index (χ1) is 15.2. The van der Waals surface area contributed by atoms with Gasteiger partial charge in [-0.2, -0.15) is 0 Å². The molecule has 0 bridgehead atoms. The average Bonchev–Trinajstić information content (AvgIpc) is 3.55. The Balaban J connectivity index is 1.49. The third kappa shape index (κ3) is 2.14. The van der Waals surface area contributed by atoms with Crippen LogP contribution < -0.4 is 24.3 Å². The van der Waals surface area contributed by atoms with Crippen LogP contribution in [0.25, 0.3) is 33.0 Å². The fourth-order valence-corrected chi connectivity index (χ4v) is 4.41. The predicted octanol–water partition coefficient (Wildman–Crippen LogP) is 2.67. The predicted molar refractivity (Wildman–Crippen MR) is 109 cm³/mol. The fourth-order valence-electron chi connectivity index (χ4n) is 4.41. The van der Waals surface area contributed by atoms with E-state index in [0.29, 0.717) is 45.3 Å². The average molecular weight is 415 g/mol. The summed E-state index contributed by atoms with van der Waals surface area (Å²) in [7, 11) is 0. The van der Waals surface area contributed by atoms with Crippen molar-refractivity contribution in [3.8, 4) is 23.0 Å². The van der Waals surface area contributed by atoms with Crippen LogP contribution in [-0.2, 0) is 9.59 Å². The van der Waals surface area contributed by atoms with E-state index in [9.17, 15) is 9.59 Å². The highest BCUT2D eigenvalue weighted by Gasteiger charge is 2.35. The standard InChI is InChI=1S/C22H13N3O6/c26-21-19(11-5-23-13-3-17-15(1-9(11)13)28-7-30-17)20(22(27)25-21)12-6-24-14-4-18-16(2-10(12)14)29-8-31-18/h1-6,23-24H,7-8H2,(H,25,26,27). The van der Waals surface area contributed by atoms with Crippen molar-refractivity contribution < 1.29 is 28.5 Å². The Morgan fingerprint density at radius 2 is 1.03 bits per heavy atom. The number of carbonyl (C=O) groups excluding carboxylic acids is 2. The summed E-state index contributed by atoms with van der Waals surface area (Å²) in [5.74, 6) is 1.56. The summed E-state index contributed by atoms with van der Waals surface area (Å²) < 4.78 is 21.8. The molecule has 3 N–H and O–H groups in total. The number of nitrogens with one attached hydrogen (secondary N) is 3. The first-order valence-electron chi connectivity index (χ1n) is 9.59. The maximum atomic E-state index is 12.9. The Morgan fingerprint density at radius 1 is 0.613 bits per heavy atom. The molecule has 0 radical (unpaired) electrons. The van der Waals surface area contributed by atoms with E-state index < -0.39 is 11.8 Å². The number of rotatable bonds is 2. The molecule has 2 aromatic carbocycles. The zero-order valence-electron chi connectivity index (χ0n) is 15.8. The molecule has 0 spiro atoms. The highest BCUT2D eigenvalue weighted by atomic mass is 16.7. The quantitative estimate of drug-likeness (QED) is 0.434. The Labute approximate surface area is 173 Å². The van der Waals surface area contributed by atoms with Crippen molar-refractivity contribution >= 4 is 44.8 Å². The molecule has 0 fully saturated rings. The molecular weight excluding hydrogens is 402 g/mol. The third-order valence-corrected chi connectivity index (χ3v) is 5.82. The number of H-pyrrole nitrogens is 2. The van der Waals surface area contributed by atoms with Crippen molar-refractivity contribution in [2.24, 2.45) is 0 Å². The molecule has 9 nitrogen and oxygen atoms in total. The molecule has 4 aromatic rings. The lowest BCUT2D eigenvalue weighted by Gasteiger charge is -2.04. The van der Waals surface area contributed by atoms with Crippen molar-refractivity contribution in [3.63, 3.8) is 0 Å². The van der Waals surface area contributed by atoms with E-state index >= 15 is 0 Å². The zero-order valence-corrected chi connectivity index (χ0v) is 15.8. The summed E-state index contributed by atoms with van der Waals surface area (Å²) in [5.41, 5.74) is 3.38. The molecule has 7 rings (SSSR count). The van der Waals surface area contributed by atoms with Gasteiger partial charge in [0, 0.05) is 57.5 Å². The second kappa shape index (κ2) is 5.60. The van der Waals surface area contributed by atoms with Gasteiger partial charge in [0.15, 0.2) is 23.0 Å². The second-order valence-corrected chi connectivity index (χ2v) is 7.44. The van der Waals surface area contributed by atoms with E-state index in [4.69, 9.17) is 18.9 Å². The maximum absolute atomic E-state index is 12.9. The molecule has 0 atom stereocenters. The summed E-state index contributed by atoms with van der Waals surface area (Å²) in [6, 6.07) is 7.28. The van der Waals surface area contributed by atoms with Crippen LogP contribution in [0.2, 0.25) is 0 Å². The number of carbonyl (C=O) groups is 2. The summed E-state index contributed by atoms with van der Waals surface area (Å²) in [5, 5.41) is 3.96. The number of imide groups is 1. The van der Waals surface area contributed by atoms with Gasteiger partial charge in [-0.05, 0) is 12.1 Å². The van der Waals surface area contributed by atoms with Gasteiger partial charge in [0.1, 0.15) is 0 Å². The Bertz CT molecular complexity index is 1400. The number of hydrogen-bond donors (Lipinski definition) is 3. The maximum Gasteiger partial charge on any atom is 0.259 e. The largest absolute Gasteiger partial charge is 0.454 e. The number of hydrogen-bond acceptors (Lipinski definition) is 6. The molecular formula is C22H13N3O6. The lowest BCUT2D eigenvalue weighted by molar-refractivity contribution is -0.122. The number of fused-ring (bicyclic) bond motifs is 4. The van der Waals surface area contributed by atoms with Crippen LogP contribution in [0.3, 0.4) is 0 Å². The van der Waals surface area contributed by atoms with Crippen molar-refractivity contribution in [2.45, 2.75) is 0 Å². The van der Waals surface area contributed by atoms with Crippen LogP contribution in [0.15, 0.2) is 36.7 Å². The summed E-state index contributed by atoms with van der Waals surface area (Å²) in [4.78, 5) is 32.1. The first-order valence-corrected chi connectivity index (χ1v) is 9.59. The number of aromatic nitrogens is 2. The minimum Gasteiger partial charge on any atom is -0.454 e. The van der Waals surface area contributed by atoms with Gasteiger partial charge in [-0.15, -0.1) is 0 Å². The second-order valence-electron chi connectivity index (χ2n) is 7.44. The molecule has 0 unspecified atom stereocenters. The van der Waals surface area contributed by atoms with Gasteiger partial charge in [0.25, 0.3) is 11.8 Å². The SMILES string of the molecule is O=C1NC(=O)C(c2c[nH]c3cc4c(cc23)OCO4)=C1c1c[nH]c2cc3c(cc12)OCO3. The van der Waals surface area contributed by atoms with Gasteiger partial charge in [-0.1, -0.05) is 0 Å². The highest BCUT2D eigenvalue weighted by molar-refractivity contribution is 6.50. The minimum atomic E-state index is -0.450. The topological polar surface area (TPSA) is 115 Å². The van der Waals surface area contributed by atoms with Gasteiger partial charge < -0.3 is 28.9 Å². The van der Waals surface area contributed by atoms with Crippen LogP contribution in [0.4, 0.5) is 0 Å². The molecule has 0 saturated carbocycles. The lowest BCUT2D eigenvalue weighted by atomic mass is 9.95. The lowest BCUT2D eigenvalue weighted by Crippen LogP contribution is -2.22. The van der Waals surface area contributed by atoms with E-state index in [1.165, 1.54) is 0 Å². The van der Waals surface area contributed by atoms with Gasteiger partial charge >= 0.3 is 0 Å². The number of amides is 2.